The van der Waals surface area contributed by atoms with E-state index in [0.717, 1.165) is 49.8 Å². The third-order valence-electron chi connectivity index (χ3n) is 9.34. The Morgan fingerprint density at radius 1 is 0.360 bits per heavy atom. The smallest absolute Gasteiger partial charge is 0.164 e. The van der Waals surface area contributed by atoms with Gasteiger partial charge in [0.1, 0.15) is 11.2 Å². The van der Waals surface area contributed by atoms with E-state index in [1.807, 2.05) is 47.7 Å². The quantitative estimate of drug-likeness (QED) is 0.185. The van der Waals surface area contributed by atoms with E-state index in [-0.39, 0.29) is 0 Å². The fourth-order valence-electron chi connectivity index (χ4n) is 6.92. The van der Waals surface area contributed by atoms with E-state index < -0.39 is 0 Å². The Kier molecular flexibility index (Phi) is 6.64. The summed E-state index contributed by atoms with van der Waals surface area (Å²) in [6.07, 6.45) is 0. The predicted octanol–water partition coefficient (Wildman–Crippen LogP) is 12.5. The molecule has 4 nitrogen and oxygen atoms in total. The summed E-state index contributed by atoms with van der Waals surface area (Å²) < 4.78 is 9.07. The summed E-state index contributed by atoms with van der Waals surface area (Å²) in [5, 5.41) is 4.74. The average Bonchev–Trinajstić information content (AvgIpc) is 3.76. The van der Waals surface area contributed by atoms with Crippen molar-refractivity contribution in [1.29, 1.82) is 0 Å². The van der Waals surface area contributed by atoms with Crippen molar-refractivity contribution in [3.8, 4) is 56.4 Å². The van der Waals surface area contributed by atoms with E-state index in [0.29, 0.717) is 17.5 Å². The van der Waals surface area contributed by atoms with Gasteiger partial charge in [0, 0.05) is 47.6 Å². The minimum absolute atomic E-state index is 0.595. The van der Waals surface area contributed by atoms with Gasteiger partial charge >= 0.3 is 0 Å². The van der Waals surface area contributed by atoms with Crippen molar-refractivity contribution in [2.24, 2.45) is 0 Å². The van der Waals surface area contributed by atoms with Crippen LogP contribution in [0.4, 0.5) is 0 Å². The summed E-state index contributed by atoms with van der Waals surface area (Å²) in [5.74, 6) is 1.84. The monoisotopic (exact) mass is 657 g/mol. The summed E-state index contributed by atoms with van der Waals surface area (Å²) in [6.45, 7) is 0. The van der Waals surface area contributed by atoms with Crippen LogP contribution in [0.3, 0.4) is 0 Å². The van der Waals surface area contributed by atoms with Crippen LogP contribution in [0.5, 0.6) is 0 Å². The lowest BCUT2D eigenvalue weighted by Gasteiger charge is -2.09. The number of thiophene rings is 1. The topological polar surface area (TPSA) is 51.8 Å². The molecule has 0 atom stereocenters. The number of benzene rings is 7. The third kappa shape index (κ3) is 4.87. The fraction of sp³-hybridized carbons (Fsp3) is 0. The number of hydrogen-bond donors (Lipinski definition) is 0. The maximum Gasteiger partial charge on any atom is 0.164 e. The van der Waals surface area contributed by atoms with Gasteiger partial charge in [-0.15, -0.1) is 11.3 Å². The maximum atomic E-state index is 6.47. The van der Waals surface area contributed by atoms with Gasteiger partial charge in [0.05, 0.1) is 0 Å². The molecule has 0 aliphatic rings. The Morgan fingerprint density at radius 2 is 0.980 bits per heavy atom. The predicted molar refractivity (Wildman–Crippen MR) is 207 cm³/mol. The molecule has 3 heterocycles. The Balaban J connectivity index is 1.10. The second kappa shape index (κ2) is 11.6. The molecule has 0 saturated heterocycles. The molecule has 7 aromatic carbocycles. The molecule has 0 aliphatic heterocycles. The highest BCUT2D eigenvalue weighted by Crippen LogP contribution is 2.42. The van der Waals surface area contributed by atoms with Gasteiger partial charge in [0.2, 0.25) is 0 Å². The van der Waals surface area contributed by atoms with E-state index in [9.17, 15) is 0 Å². The largest absolute Gasteiger partial charge is 0.456 e. The molecule has 0 unspecified atom stereocenters. The molecule has 0 spiro atoms. The highest BCUT2D eigenvalue weighted by atomic mass is 32.1. The van der Waals surface area contributed by atoms with E-state index >= 15 is 0 Å². The lowest BCUT2D eigenvalue weighted by molar-refractivity contribution is 0.669. The number of furan rings is 1. The van der Waals surface area contributed by atoms with Crippen molar-refractivity contribution in [3.63, 3.8) is 0 Å². The summed E-state index contributed by atoms with van der Waals surface area (Å²) in [6, 6.07) is 56.8. The second-order valence-electron chi connectivity index (χ2n) is 12.4. The zero-order valence-electron chi connectivity index (χ0n) is 26.7. The Bertz CT molecular complexity index is 2870. The van der Waals surface area contributed by atoms with Gasteiger partial charge in [-0.25, -0.2) is 15.0 Å². The maximum absolute atomic E-state index is 6.47. The van der Waals surface area contributed by atoms with Crippen molar-refractivity contribution >= 4 is 53.4 Å². The summed E-state index contributed by atoms with van der Waals surface area (Å²) >= 11 is 1.84. The number of fused-ring (bicyclic) bond motifs is 6. The molecule has 5 heteroatoms. The van der Waals surface area contributed by atoms with Crippen LogP contribution >= 0.6 is 11.3 Å². The van der Waals surface area contributed by atoms with Crippen LogP contribution in [0.15, 0.2) is 168 Å². The second-order valence-corrected chi connectivity index (χ2v) is 13.5. The van der Waals surface area contributed by atoms with Gasteiger partial charge in [-0.2, -0.15) is 0 Å². The van der Waals surface area contributed by atoms with Crippen LogP contribution < -0.4 is 0 Å². The van der Waals surface area contributed by atoms with Gasteiger partial charge < -0.3 is 4.42 Å². The number of aromatic nitrogens is 3. The SMILES string of the molecule is c1ccc(-c2cccc(-c3nc(-c4ccccc4)nc(-c4ccc5c(c4)oc4ccc(-c6cccc7sc8ccccc8c67)cc45)n3)c2)cc1. The first-order valence-electron chi connectivity index (χ1n) is 16.6. The van der Waals surface area contributed by atoms with Crippen molar-refractivity contribution in [1.82, 2.24) is 15.0 Å². The van der Waals surface area contributed by atoms with Gasteiger partial charge in [-0.1, -0.05) is 121 Å². The van der Waals surface area contributed by atoms with Crippen molar-refractivity contribution in [3.05, 3.63) is 164 Å². The number of nitrogens with zero attached hydrogens (tertiary/aromatic N) is 3. The molecule has 50 heavy (non-hydrogen) atoms. The zero-order chi connectivity index (χ0) is 33.0. The molecule has 10 aromatic rings. The molecule has 0 aliphatic carbocycles. The Labute approximate surface area is 292 Å². The minimum atomic E-state index is 0.595. The van der Waals surface area contributed by atoms with E-state index in [1.165, 1.54) is 31.3 Å². The van der Waals surface area contributed by atoms with Crippen LogP contribution in [0.25, 0.3) is 98.5 Å². The summed E-state index contributed by atoms with van der Waals surface area (Å²) in [4.78, 5) is 15.0. The molecule has 10 rings (SSSR count). The highest BCUT2D eigenvalue weighted by molar-refractivity contribution is 7.25. The van der Waals surface area contributed by atoms with Crippen LogP contribution in [0.1, 0.15) is 0 Å². The van der Waals surface area contributed by atoms with Gasteiger partial charge in [-0.05, 0) is 64.7 Å². The third-order valence-corrected chi connectivity index (χ3v) is 10.5. The summed E-state index contributed by atoms with van der Waals surface area (Å²) in [7, 11) is 0. The van der Waals surface area contributed by atoms with Crippen molar-refractivity contribution < 1.29 is 4.42 Å². The van der Waals surface area contributed by atoms with E-state index in [1.54, 1.807) is 0 Å². The minimum Gasteiger partial charge on any atom is -0.456 e. The standard InChI is InChI=1S/C45H27N3OS/c1-3-11-28(12-4-1)30-15-9-16-32(25-30)44-46-43(29-13-5-2-6-14-29)47-45(48-44)33-21-23-35-37-26-31(22-24-38(37)49-39(35)27-33)34-18-10-20-41-42(34)36-17-7-8-19-40(36)50-41/h1-27H. The van der Waals surface area contributed by atoms with Crippen LogP contribution in [0, 0.1) is 0 Å². The molecular weight excluding hydrogens is 631 g/mol. The van der Waals surface area contributed by atoms with Crippen LogP contribution in [0.2, 0.25) is 0 Å². The van der Waals surface area contributed by atoms with Crippen LogP contribution in [-0.4, -0.2) is 15.0 Å². The number of hydrogen-bond acceptors (Lipinski definition) is 5. The van der Waals surface area contributed by atoms with E-state index in [4.69, 9.17) is 19.4 Å². The molecule has 0 bridgehead atoms. The first kappa shape index (κ1) is 28.6. The average molecular weight is 658 g/mol. The van der Waals surface area contributed by atoms with Gasteiger partial charge in [0.25, 0.3) is 0 Å². The Hall–Kier alpha value is -6.43. The number of rotatable bonds is 5. The Morgan fingerprint density at radius 3 is 1.80 bits per heavy atom. The molecule has 3 aromatic heterocycles. The molecule has 0 fully saturated rings. The summed E-state index contributed by atoms with van der Waals surface area (Å²) in [5.41, 5.74) is 9.03. The first-order chi connectivity index (χ1) is 24.7. The van der Waals surface area contributed by atoms with Gasteiger partial charge in [0.15, 0.2) is 17.5 Å². The lowest BCUT2D eigenvalue weighted by atomic mass is 9.98. The molecule has 0 radical (unpaired) electrons. The zero-order valence-corrected chi connectivity index (χ0v) is 27.6. The molecule has 234 valence electrons. The fourth-order valence-corrected chi connectivity index (χ4v) is 8.05. The first-order valence-corrected chi connectivity index (χ1v) is 17.4. The van der Waals surface area contributed by atoms with Crippen molar-refractivity contribution in [2.75, 3.05) is 0 Å². The van der Waals surface area contributed by atoms with Crippen molar-refractivity contribution in [2.45, 2.75) is 0 Å². The molecule has 0 N–H and O–H groups in total. The van der Waals surface area contributed by atoms with Gasteiger partial charge in [-0.3, -0.25) is 0 Å². The molecular formula is C45H27N3OS. The molecule has 0 amide bonds. The normalized spacial score (nSPS) is 11.6. The molecule has 0 saturated carbocycles. The van der Waals surface area contributed by atoms with Crippen LogP contribution in [-0.2, 0) is 0 Å². The van der Waals surface area contributed by atoms with E-state index in [2.05, 4.69) is 127 Å². The lowest BCUT2D eigenvalue weighted by Crippen LogP contribution is -2.00. The highest BCUT2D eigenvalue weighted by Gasteiger charge is 2.17.